The molecule has 186 valence electrons. The first-order valence-electron chi connectivity index (χ1n) is 11.8. The Kier molecular flexibility index (Phi) is 6.68. The number of aromatic nitrogens is 2. The van der Waals surface area contributed by atoms with Crippen molar-refractivity contribution in [1.29, 1.82) is 0 Å². The maximum Gasteiger partial charge on any atom is 0.233 e. The van der Waals surface area contributed by atoms with Crippen LogP contribution in [0.3, 0.4) is 0 Å². The molecule has 0 saturated carbocycles. The van der Waals surface area contributed by atoms with E-state index in [4.69, 9.17) is 14.7 Å². The molecule has 1 atom stereocenters. The third-order valence-electron chi connectivity index (χ3n) is 6.55. The van der Waals surface area contributed by atoms with Crippen LogP contribution in [0.1, 0.15) is 18.7 Å². The number of nitrogens with one attached hydrogen (secondary N) is 1. The molecular weight excluding hydrogens is 474 g/mol. The Morgan fingerprint density at radius 2 is 1.88 bits per heavy atom. The van der Waals surface area contributed by atoms with Gasteiger partial charge in [-0.2, -0.15) is 9.29 Å². The minimum atomic E-state index is -3.12. The monoisotopic (exact) mass is 507 g/mol. The summed E-state index contributed by atoms with van der Waals surface area (Å²) >= 11 is 1.74. The second-order valence-electron chi connectivity index (χ2n) is 9.39. The fourth-order valence-electron chi connectivity index (χ4n) is 4.67. The van der Waals surface area contributed by atoms with Crippen LogP contribution in [0.4, 0.5) is 11.8 Å². The maximum atomic E-state index is 11.8. The van der Waals surface area contributed by atoms with Crippen molar-refractivity contribution in [3.8, 4) is 0 Å². The van der Waals surface area contributed by atoms with Gasteiger partial charge in [-0.15, -0.1) is 11.3 Å². The van der Waals surface area contributed by atoms with Gasteiger partial charge in [0, 0.05) is 63.1 Å². The molecule has 34 heavy (non-hydrogen) atoms. The summed E-state index contributed by atoms with van der Waals surface area (Å²) in [7, 11) is -3.12. The van der Waals surface area contributed by atoms with Crippen LogP contribution in [0.25, 0.3) is 10.2 Å². The third-order valence-corrected chi connectivity index (χ3v) is 8.96. The first-order chi connectivity index (χ1) is 16.3. The fraction of sp³-hybridized carbons (Fsp3) is 0.636. The topological polar surface area (TPSA) is 94.1 Å². The summed E-state index contributed by atoms with van der Waals surface area (Å²) in [5.41, 5.74) is 0.962. The van der Waals surface area contributed by atoms with Crippen LogP contribution in [0, 0.1) is 5.92 Å². The van der Waals surface area contributed by atoms with Gasteiger partial charge in [-0.05, 0) is 12.0 Å². The van der Waals surface area contributed by atoms with Crippen molar-refractivity contribution in [2.45, 2.75) is 26.6 Å². The average Bonchev–Trinajstić information content (AvgIpc) is 3.46. The van der Waals surface area contributed by atoms with Crippen LogP contribution < -0.4 is 15.1 Å². The molecule has 0 amide bonds. The van der Waals surface area contributed by atoms with Crippen molar-refractivity contribution in [3.05, 3.63) is 23.3 Å². The summed E-state index contributed by atoms with van der Waals surface area (Å²) in [6.45, 7) is 10.7. The molecule has 2 aromatic heterocycles. The highest BCUT2D eigenvalue weighted by Gasteiger charge is 2.29. The zero-order valence-electron chi connectivity index (χ0n) is 20.0. The van der Waals surface area contributed by atoms with Crippen LogP contribution in [0.15, 0.2) is 18.5 Å². The molecule has 3 aliphatic rings. The Morgan fingerprint density at radius 1 is 1.15 bits per heavy atom. The van der Waals surface area contributed by atoms with E-state index in [9.17, 15) is 8.42 Å². The molecule has 0 radical (unpaired) electrons. The van der Waals surface area contributed by atoms with E-state index >= 15 is 0 Å². The number of nitrogens with zero attached hydrogens (tertiary/aromatic N) is 6. The molecule has 5 heterocycles. The molecule has 12 heteroatoms. The van der Waals surface area contributed by atoms with E-state index in [0.29, 0.717) is 38.2 Å². The lowest BCUT2D eigenvalue weighted by molar-refractivity contribution is 0.122. The second kappa shape index (κ2) is 9.57. The number of sulfonamides is 1. The van der Waals surface area contributed by atoms with Gasteiger partial charge in [0.1, 0.15) is 6.17 Å². The maximum absolute atomic E-state index is 11.8. The first kappa shape index (κ1) is 23.7. The minimum Gasteiger partial charge on any atom is -0.378 e. The van der Waals surface area contributed by atoms with E-state index < -0.39 is 10.0 Å². The minimum absolute atomic E-state index is 0.124. The number of ether oxygens (including phenoxy) is 1. The zero-order chi connectivity index (χ0) is 23.9. The Labute approximate surface area is 205 Å². The average molecular weight is 508 g/mol. The van der Waals surface area contributed by atoms with Crippen molar-refractivity contribution >= 4 is 43.3 Å². The molecule has 2 saturated heterocycles. The summed E-state index contributed by atoms with van der Waals surface area (Å²) in [6, 6.07) is 2.18. The molecule has 1 N–H and O–H groups in total. The molecule has 0 aliphatic carbocycles. The van der Waals surface area contributed by atoms with E-state index in [1.807, 2.05) is 12.4 Å². The van der Waals surface area contributed by atoms with Crippen molar-refractivity contribution in [2.75, 3.05) is 68.5 Å². The molecule has 5 rings (SSSR count). The van der Waals surface area contributed by atoms with E-state index in [2.05, 4.69) is 39.9 Å². The Hall–Kier alpha value is -1.99. The SMILES string of the molecule is CC(C)C1NC=CN1c1nc(N2CCOCC2)c2sc(CN3CCN(S(C)(=O)=O)CC3)cc2n1. The fourth-order valence-corrected chi connectivity index (χ4v) is 6.66. The zero-order valence-corrected chi connectivity index (χ0v) is 21.6. The van der Waals surface area contributed by atoms with Crippen LogP contribution in [0.5, 0.6) is 0 Å². The summed E-state index contributed by atoms with van der Waals surface area (Å²) < 4.78 is 31.9. The van der Waals surface area contributed by atoms with Crippen molar-refractivity contribution in [2.24, 2.45) is 5.92 Å². The first-order valence-corrected chi connectivity index (χ1v) is 14.5. The smallest absolute Gasteiger partial charge is 0.233 e. The Bertz CT molecular complexity index is 1150. The molecule has 3 aliphatic heterocycles. The van der Waals surface area contributed by atoms with Gasteiger partial charge in [0.15, 0.2) is 5.82 Å². The molecule has 2 aromatic rings. The number of fused-ring (bicyclic) bond motifs is 1. The highest BCUT2D eigenvalue weighted by molar-refractivity contribution is 7.88. The number of piperazine rings is 1. The van der Waals surface area contributed by atoms with Gasteiger partial charge in [-0.1, -0.05) is 13.8 Å². The lowest BCUT2D eigenvalue weighted by Gasteiger charge is -2.32. The van der Waals surface area contributed by atoms with Crippen molar-refractivity contribution < 1.29 is 13.2 Å². The summed E-state index contributed by atoms with van der Waals surface area (Å²) in [5, 5.41) is 3.41. The van der Waals surface area contributed by atoms with E-state index in [1.165, 1.54) is 11.1 Å². The molecule has 0 aromatic carbocycles. The highest BCUT2D eigenvalue weighted by Crippen LogP contribution is 2.35. The van der Waals surface area contributed by atoms with Crippen LogP contribution in [-0.4, -0.2) is 92.5 Å². The van der Waals surface area contributed by atoms with E-state index in [-0.39, 0.29) is 6.17 Å². The third kappa shape index (κ3) is 4.87. The van der Waals surface area contributed by atoms with Crippen LogP contribution >= 0.6 is 11.3 Å². The quantitative estimate of drug-likeness (QED) is 0.624. The molecular formula is C22H33N7O3S2. The molecule has 1 unspecified atom stereocenters. The van der Waals surface area contributed by atoms with Gasteiger partial charge < -0.3 is 15.0 Å². The Balaban J connectivity index is 1.43. The predicted molar refractivity (Wildman–Crippen MR) is 136 cm³/mol. The van der Waals surface area contributed by atoms with Gasteiger partial charge in [0.05, 0.1) is 29.7 Å². The summed E-state index contributed by atoms with van der Waals surface area (Å²) in [5.74, 6) is 2.08. The number of hydrogen-bond donors (Lipinski definition) is 1. The normalized spacial score (nSPS) is 22.8. The van der Waals surface area contributed by atoms with Crippen molar-refractivity contribution in [3.63, 3.8) is 0 Å². The molecule has 0 spiro atoms. The number of morpholine rings is 1. The molecule has 0 bridgehead atoms. The standard InChI is InChI=1S/C22H33N7O3S2/c1-16(2)20-23-4-5-29(20)22-24-18-14-17(15-26-6-8-28(9-7-26)34(3,30)31)33-19(18)21(25-22)27-10-12-32-13-11-27/h4-5,14,16,20,23H,6-13,15H2,1-3H3. The van der Waals surface area contributed by atoms with Gasteiger partial charge >= 0.3 is 0 Å². The van der Waals surface area contributed by atoms with E-state index in [0.717, 1.165) is 48.8 Å². The van der Waals surface area contributed by atoms with E-state index in [1.54, 1.807) is 15.6 Å². The summed E-state index contributed by atoms with van der Waals surface area (Å²) in [6.07, 6.45) is 5.39. The van der Waals surface area contributed by atoms with Crippen molar-refractivity contribution in [1.82, 2.24) is 24.5 Å². The highest BCUT2D eigenvalue weighted by atomic mass is 32.2. The predicted octanol–water partition coefficient (Wildman–Crippen LogP) is 1.47. The molecule has 2 fully saturated rings. The number of anilines is 2. The number of rotatable bonds is 6. The Morgan fingerprint density at radius 3 is 2.56 bits per heavy atom. The number of thiophene rings is 1. The van der Waals surface area contributed by atoms with Gasteiger partial charge in [-0.25, -0.2) is 13.4 Å². The van der Waals surface area contributed by atoms with Crippen LogP contribution in [-0.2, 0) is 21.3 Å². The summed E-state index contributed by atoms with van der Waals surface area (Å²) in [4.78, 5) is 18.0. The lowest BCUT2D eigenvalue weighted by Crippen LogP contribution is -2.47. The van der Waals surface area contributed by atoms with Gasteiger partial charge in [0.25, 0.3) is 0 Å². The van der Waals surface area contributed by atoms with Gasteiger partial charge in [-0.3, -0.25) is 9.80 Å². The lowest BCUT2D eigenvalue weighted by atomic mass is 10.1. The van der Waals surface area contributed by atoms with Crippen LogP contribution in [0.2, 0.25) is 0 Å². The van der Waals surface area contributed by atoms with Gasteiger partial charge in [0.2, 0.25) is 16.0 Å². The second-order valence-corrected chi connectivity index (χ2v) is 12.5. The molecule has 10 nitrogen and oxygen atoms in total. The number of hydrogen-bond acceptors (Lipinski definition) is 10. The largest absolute Gasteiger partial charge is 0.378 e.